The largest absolute Gasteiger partial charge is 0.494 e. The molecule has 1 aromatic heterocycles. The summed E-state index contributed by atoms with van der Waals surface area (Å²) in [7, 11) is 0. The molecule has 1 aromatic rings. The van der Waals surface area contributed by atoms with Crippen LogP contribution < -0.4 is 0 Å². The lowest BCUT2D eigenvalue weighted by Crippen LogP contribution is -1.73. The molecule has 2 rings (SSSR count). The summed E-state index contributed by atoms with van der Waals surface area (Å²) in [5, 5.41) is 20.0. The Kier molecular flexibility index (Phi) is 2.03. The van der Waals surface area contributed by atoms with Crippen LogP contribution in [0.25, 0.3) is 6.08 Å². The minimum atomic E-state index is 0.0537. The van der Waals surface area contributed by atoms with Crippen molar-refractivity contribution in [3.63, 3.8) is 0 Å². The number of aromatic amines is 1. The van der Waals surface area contributed by atoms with Crippen LogP contribution in [-0.4, -0.2) is 16.3 Å². The lowest BCUT2D eigenvalue weighted by molar-refractivity contribution is 0.456. The van der Waals surface area contributed by atoms with Gasteiger partial charge in [0.1, 0.15) is 5.70 Å². The molecule has 7 heteroatoms. The zero-order valence-corrected chi connectivity index (χ0v) is 7.89. The average molecular weight is 212 g/mol. The molecule has 0 radical (unpaired) electrons. The van der Waals surface area contributed by atoms with E-state index in [1.807, 2.05) is 0 Å². The molecule has 0 amide bonds. The highest BCUT2D eigenvalue weighted by molar-refractivity contribution is 7.73. The van der Waals surface area contributed by atoms with Crippen molar-refractivity contribution < 1.29 is 5.11 Å². The van der Waals surface area contributed by atoms with Crippen LogP contribution in [0.4, 0.5) is 0 Å². The summed E-state index contributed by atoms with van der Waals surface area (Å²) >= 11 is 6.12. The van der Waals surface area contributed by atoms with E-state index >= 15 is 0 Å². The number of thiazole rings is 1. The lowest BCUT2D eigenvalue weighted by atomic mass is 10.4. The summed E-state index contributed by atoms with van der Waals surface area (Å²) in [6.07, 6.45) is 3.16. The van der Waals surface area contributed by atoms with Crippen molar-refractivity contribution in [2.75, 3.05) is 0 Å². The maximum atomic E-state index is 9.32. The number of hydrogen-bond donors (Lipinski definition) is 2. The summed E-state index contributed by atoms with van der Waals surface area (Å²) < 4.78 is 0.524. The summed E-state index contributed by atoms with van der Waals surface area (Å²) in [5.41, 5.74) is 0.598. The van der Waals surface area contributed by atoms with Crippen LogP contribution >= 0.6 is 23.6 Å². The van der Waals surface area contributed by atoms with Gasteiger partial charge in [-0.3, -0.25) is 0 Å². The van der Waals surface area contributed by atoms with Gasteiger partial charge in [0, 0.05) is 0 Å². The molecule has 66 valence electrons. The van der Waals surface area contributed by atoms with E-state index in [9.17, 15) is 5.11 Å². The predicted octanol–water partition coefficient (Wildman–Crippen LogP) is 2.30. The van der Waals surface area contributed by atoms with Crippen molar-refractivity contribution in [3.05, 3.63) is 14.5 Å². The molecule has 1 aliphatic rings. The second-order valence-electron chi connectivity index (χ2n) is 2.23. The molecule has 1 aliphatic heterocycles. The van der Waals surface area contributed by atoms with Gasteiger partial charge in [0.15, 0.2) is 3.95 Å². The van der Waals surface area contributed by atoms with Gasteiger partial charge in [-0.15, -0.1) is 21.6 Å². The minimum Gasteiger partial charge on any atom is -0.494 e. The van der Waals surface area contributed by atoms with E-state index in [0.29, 0.717) is 14.5 Å². The Labute approximate surface area is 82.2 Å². The first-order valence-electron chi connectivity index (χ1n) is 3.33. The van der Waals surface area contributed by atoms with E-state index in [1.165, 1.54) is 17.6 Å². The Hall–Kier alpha value is -1.34. The molecular weight excluding hydrogens is 208 g/mol. The van der Waals surface area contributed by atoms with Crippen LogP contribution in [0.2, 0.25) is 0 Å². The SMILES string of the molecule is Oc1[nH]c(=S)sc1/C=C1\C=NN=N1. The van der Waals surface area contributed by atoms with Crippen molar-refractivity contribution in [2.45, 2.75) is 0 Å². The molecule has 2 heterocycles. The van der Waals surface area contributed by atoms with Crippen molar-refractivity contribution in [2.24, 2.45) is 15.4 Å². The van der Waals surface area contributed by atoms with E-state index < -0.39 is 0 Å². The van der Waals surface area contributed by atoms with E-state index in [2.05, 4.69) is 20.4 Å². The molecule has 13 heavy (non-hydrogen) atoms. The lowest BCUT2D eigenvalue weighted by Gasteiger charge is -1.86. The van der Waals surface area contributed by atoms with Gasteiger partial charge in [-0.1, -0.05) is 0 Å². The fraction of sp³-hybridized carbons (Fsp3) is 0. The molecule has 0 aliphatic carbocycles. The number of rotatable bonds is 1. The summed E-state index contributed by atoms with van der Waals surface area (Å²) in [4.78, 5) is 3.24. The first kappa shape index (κ1) is 8.27. The van der Waals surface area contributed by atoms with Gasteiger partial charge in [0.05, 0.1) is 11.1 Å². The van der Waals surface area contributed by atoms with Gasteiger partial charge >= 0.3 is 0 Å². The molecule has 2 N–H and O–H groups in total. The van der Waals surface area contributed by atoms with E-state index in [4.69, 9.17) is 12.2 Å². The average Bonchev–Trinajstić information content (AvgIpc) is 2.63. The third-order valence-corrected chi connectivity index (χ3v) is 2.51. The number of aromatic nitrogens is 1. The van der Waals surface area contributed by atoms with Crippen molar-refractivity contribution in [1.29, 1.82) is 0 Å². The molecule has 0 saturated carbocycles. The Morgan fingerprint density at radius 2 is 2.46 bits per heavy atom. The summed E-state index contributed by atoms with van der Waals surface area (Å²) in [5.74, 6) is 0.0537. The van der Waals surface area contributed by atoms with E-state index in [0.717, 1.165) is 0 Å². The molecule has 0 spiro atoms. The van der Waals surface area contributed by atoms with Crippen LogP contribution in [-0.2, 0) is 0 Å². The first-order valence-corrected chi connectivity index (χ1v) is 4.56. The minimum absolute atomic E-state index is 0.0537. The smallest absolute Gasteiger partial charge is 0.207 e. The quantitative estimate of drug-likeness (QED) is 0.701. The van der Waals surface area contributed by atoms with Gasteiger partial charge in [-0.25, -0.2) is 0 Å². The second kappa shape index (κ2) is 3.19. The number of aromatic hydroxyl groups is 1. The zero-order chi connectivity index (χ0) is 9.26. The van der Waals surface area contributed by atoms with Gasteiger partial charge < -0.3 is 10.1 Å². The van der Waals surface area contributed by atoms with Crippen LogP contribution in [0, 0.1) is 3.95 Å². The highest BCUT2D eigenvalue weighted by Gasteiger charge is 2.04. The van der Waals surface area contributed by atoms with Crippen LogP contribution in [0.5, 0.6) is 5.88 Å². The van der Waals surface area contributed by atoms with Gasteiger partial charge in [0.2, 0.25) is 5.88 Å². The Morgan fingerprint density at radius 3 is 3.00 bits per heavy atom. The fourth-order valence-corrected chi connectivity index (χ4v) is 1.86. The van der Waals surface area contributed by atoms with Crippen molar-refractivity contribution in [3.8, 4) is 5.88 Å². The van der Waals surface area contributed by atoms with Crippen LogP contribution in [0.3, 0.4) is 0 Å². The molecule has 5 nitrogen and oxygen atoms in total. The molecule has 0 atom stereocenters. The molecular formula is C6H4N4OS2. The van der Waals surface area contributed by atoms with Gasteiger partial charge in [-0.05, 0) is 23.5 Å². The molecule has 0 saturated heterocycles. The predicted molar refractivity (Wildman–Crippen MR) is 52.5 cm³/mol. The topological polar surface area (TPSA) is 73.1 Å². The molecule has 0 bridgehead atoms. The number of nitrogens with zero attached hydrogens (tertiary/aromatic N) is 3. The normalized spacial score (nSPS) is 17.4. The maximum Gasteiger partial charge on any atom is 0.207 e. The number of nitrogens with one attached hydrogen (secondary N) is 1. The number of H-pyrrole nitrogens is 1. The Morgan fingerprint density at radius 1 is 1.62 bits per heavy atom. The molecule has 0 unspecified atom stereocenters. The number of allylic oxidation sites excluding steroid dienone is 1. The fourth-order valence-electron chi connectivity index (χ4n) is 0.819. The summed E-state index contributed by atoms with van der Waals surface area (Å²) in [6.45, 7) is 0. The van der Waals surface area contributed by atoms with Crippen LogP contribution in [0.15, 0.2) is 21.1 Å². The van der Waals surface area contributed by atoms with Crippen LogP contribution in [0.1, 0.15) is 4.88 Å². The molecule has 0 fully saturated rings. The summed E-state index contributed by atoms with van der Waals surface area (Å²) in [6, 6.07) is 0. The zero-order valence-electron chi connectivity index (χ0n) is 6.26. The van der Waals surface area contributed by atoms with Crippen molar-refractivity contribution >= 4 is 35.8 Å². The monoisotopic (exact) mass is 212 g/mol. The van der Waals surface area contributed by atoms with Crippen molar-refractivity contribution in [1.82, 2.24) is 4.98 Å². The first-order chi connectivity index (χ1) is 6.25. The van der Waals surface area contributed by atoms with Gasteiger partial charge in [0.25, 0.3) is 0 Å². The third-order valence-electron chi connectivity index (χ3n) is 1.34. The Bertz CT molecular complexity index is 453. The number of hydrogen-bond acceptors (Lipinski definition) is 6. The standard InChI is InChI=1S/C6H4N4OS2/c11-5-4(13-6(12)8-5)1-3-2-7-10-9-3/h1-2,11H,(H,8,12)/b3-1+. The van der Waals surface area contributed by atoms with E-state index in [1.54, 1.807) is 6.08 Å². The van der Waals surface area contributed by atoms with Gasteiger partial charge in [-0.2, -0.15) is 0 Å². The highest BCUT2D eigenvalue weighted by atomic mass is 32.1. The van der Waals surface area contributed by atoms with E-state index in [-0.39, 0.29) is 5.88 Å². The third kappa shape index (κ3) is 1.70. The molecule has 0 aromatic carbocycles. The maximum absolute atomic E-state index is 9.32. The second-order valence-corrected chi connectivity index (χ2v) is 3.95. The Balaban J connectivity index is 2.42. The highest BCUT2D eigenvalue weighted by Crippen LogP contribution is 2.24.